The Morgan fingerprint density at radius 3 is 3.06 bits per heavy atom. The second-order valence-corrected chi connectivity index (χ2v) is 4.11. The third-order valence-electron chi connectivity index (χ3n) is 2.82. The number of aromatic nitrogens is 2. The number of rotatable bonds is 2. The first-order chi connectivity index (χ1) is 7.59. The molecule has 1 fully saturated rings. The van der Waals surface area contributed by atoms with E-state index in [4.69, 9.17) is 5.73 Å². The third kappa shape index (κ3) is 1.85. The number of hydrogen-bond acceptors (Lipinski definition) is 5. The molecular formula is C9H15N5O2. The predicted octanol–water partition coefficient (Wildman–Crippen LogP) is 0.256. The van der Waals surface area contributed by atoms with E-state index in [2.05, 4.69) is 4.98 Å². The van der Waals surface area contributed by atoms with Crippen LogP contribution in [0, 0.1) is 10.1 Å². The zero-order chi connectivity index (χ0) is 11.7. The molecule has 0 aliphatic carbocycles. The van der Waals surface area contributed by atoms with Crippen LogP contribution >= 0.6 is 0 Å². The highest BCUT2D eigenvalue weighted by atomic mass is 16.6. The van der Waals surface area contributed by atoms with Crippen LogP contribution < -0.4 is 10.6 Å². The van der Waals surface area contributed by atoms with E-state index in [0.717, 1.165) is 19.4 Å². The van der Waals surface area contributed by atoms with Crippen molar-refractivity contribution in [3.8, 4) is 0 Å². The summed E-state index contributed by atoms with van der Waals surface area (Å²) < 4.78 is 1.68. The molecule has 0 spiro atoms. The van der Waals surface area contributed by atoms with Crippen molar-refractivity contribution in [1.82, 2.24) is 9.55 Å². The second kappa shape index (κ2) is 4.09. The van der Waals surface area contributed by atoms with Gasteiger partial charge in [0.25, 0.3) is 0 Å². The van der Waals surface area contributed by atoms with Crippen molar-refractivity contribution in [1.29, 1.82) is 0 Å². The lowest BCUT2D eigenvalue weighted by atomic mass is 10.1. The molecule has 0 radical (unpaired) electrons. The topological polar surface area (TPSA) is 90.2 Å². The molecule has 0 saturated carbocycles. The zero-order valence-electron chi connectivity index (χ0n) is 9.17. The van der Waals surface area contributed by atoms with Crippen molar-refractivity contribution in [2.45, 2.75) is 18.9 Å². The molecule has 1 saturated heterocycles. The highest BCUT2D eigenvalue weighted by Crippen LogP contribution is 2.27. The van der Waals surface area contributed by atoms with Gasteiger partial charge >= 0.3 is 5.82 Å². The number of nitrogens with zero attached hydrogens (tertiary/aromatic N) is 4. The molecule has 1 aliphatic heterocycles. The standard InChI is InChI=1S/C9H15N5O2/c1-12-6-11-8(14(15)16)9(12)13-4-2-3-7(10)5-13/h6-7H,2-5,10H2,1H3/t7-/m1/s1. The number of aryl methyl sites for hydroxylation is 1. The Morgan fingerprint density at radius 2 is 2.44 bits per heavy atom. The van der Waals surface area contributed by atoms with Gasteiger partial charge in [0.1, 0.15) is 0 Å². The average Bonchev–Trinajstić information content (AvgIpc) is 2.60. The number of piperidine rings is 1. The maximum atomic E-state index is 10.8. The van der Waals surface area contributed by atoms with Crippen LogP contribution in [0.4, 0.5) is 11.6 Å². The van der Waals surface area contributed by atoms with Crippen LogP contribution in [0.15, 0.2) is 6.33 Å². The van der Waals surface area contributed by atoms with Crippen molar-refractivity contribution < 1.29 is 4.92 Å². The van der Waals surface area contributed by atoms with Crippen molar-refractivity contribution in [3.63, 3.8) is 0 Å². The molecule has 2 rings (SSSR count). The Hall–Kier alpha value is -1.63. The second-order valence-electron chi connectivity index (χ2n) is 4.11. The molecule has 7 heteroatoms. The van der Waals surface area contributed by atoms with Crippen LogP contribution in [-0.4, -0.2) is 33.6 Å². The van der Waals surface area contributed by atoms with Crippen LogP contribution in [0.2, 0.25) is 0 Å². The summed E-state index contributed by atoms with van der Waals surface area (Å²) in [5.41, 5.74) is 5.87. The highest BCUT2D eigenvalue weighted by molar-refractivity contribution is 5.55. The van der Waals surface area contributed by atoms with Crippen LogP contribution in [-0.2, 0) is 7.05 Å². The van der Waals surface area contributed by atoms with Crippen LogP contribution in [0.1, 0.15) is 12.8 Å². The highest BCUT2D eigenvalue weighted by Gasteiger charge is 2.28. The summed E-state index contributed by atoms with van der Waals surface area (Å²) in [5.74, 6) is 0.469. The van der Waals surface area contributed by atoms with Crippen molar-refractivity contribution in [2.75, 3.05) is 18.0 Å². The first kappa shape index (κ1) is 10.9. The smallest absolute Gasteiger partial charge is 0.358 e. The van der Waals surface area contributed by atoms with Gasteiger partial charge in [0, 0.05) is 26.2 Å². The molecule has 1 aromatic heterocycles. The summed E-state index contributed by atoms with van der Waals surface area (Å²) in [4.78, 5) is 16.1. The number of nitro groups is 1. The molecule has 0 bridgehead atoms. The number of anilines is 1. The molecule has 7 nitrogen and oxygen atoms in total. The Kier molecular flexibility index (Phi) is 2.78. The van der Waals surface area contributed by atoms with Gasteiger partial charge < -0.3 is 20.7 Å². The Labute approximate surface area is 93.0 Å². The third-order valence-corrected chi connectivity index (χ3v) is 2.82. The van der Waals surface area contributed by atoms with E-state index in [1.165, 1.54) is 6.33 Å². The summed E-state index contributed by atoms with van der Waals surface area (Å²) in [6.07, 6.45) is 3.40. The quantitative estimate of drug-likeness (QED) is 0.575. The molecule has 1 atom stereocenters. The Balaban J connectivity index is 2.31. The average molecular weight is 225 g/mol. The van der Waals surface area contributed by atoms with E-state index in [9.17, 15) is 10.1 Å². The molecule has 2 N–H and O–H groups in total. The van der Waals surface area contributed by atoms with Gasteiger partial charge in [-0.3, -0.25) is 4.57 Å². The normalized spacial score (nSPS) is 21.1. The van der Waals surface area contributed by atoms with Crippen LogP contribution in [0.5, 0.6) is 0 Å². The first-order valence-corrected chi connectivity index (χ1v) is 5.26. The molecule has 88 valence electrons. The Morgan fingerprint density at radius 1 is 1.69 bits per heavy atom. The van der Waals surface area contributed by atoms with Gasteiger partial charge in [0.2, 0.25) is 12.1 Å². The molecule has 0 amide bonds. The maximum absolute atomic E-state index is 10.8. The van der Waals surface area contributed by atoms with Gasteiger partial charge in [-0.2, -0.15) is 0 Å². The van der Waals surface area contributed by atoms with Gasteiger partial charge in [-0.25, -0.2) is 0 Å². The lowest BCUT2D eigenvalue weighted by molar-refractivity contribution is -0.388. The fraction of sp³-hybridized carbons (Fsp3) is 0.667. The molecule has 1 aliphatic rings. The summed E-state index contributed by atoms with van der Waals surface area (Å²) >= 11 is 0. The molecule has 1 aromatic rings. The monoisotopic (exact) mass is 225 g/mol. The van der Waals surface area contributed by atoms with E-state index < -0.39 is 4.92 Å². The fourth-order valence-electron chi connectivity index (χ4n) is 2.11. The summed E-state index contributed by atoms with van der Waals surface area (Å²) in [6, 6.07) is 0.0863. The van der Waals surface area contributed by atoms with Gasteiger partial charge in [-0.1, -0.05) is 0 Å². The SMILES string of the molecule is Cn1cnc([N+](=O)[O-])c1N1CCC[C@@H](N)C1. The maximum Gasteiger partial charge on any atom is 0.406 e. The van der Waals surface area contributed by atoms with Crippen LogP contribution in [0.25, 0.3) is 0 Å². The number of hydrogen-bond donors (Lipinski definition) is 1. The molecule has 16 heavy (non-hydrogen) atoms. The minimum absolute atomic E-state index is 0.0863. The molecule has 0 unspecified atom stereocenters. The molecule has 0 aromatic carbocycles. The van der Waals surface area contributed by atoms with Crippen molar-refractivity contribution >= 4 is 11.6 Å². The van der Waals surface area contributed by atoms with E-state index >= 15 is 0 Å². The Bertz CT molecular complexity index is 403. The molecular weight excluding hydrogens is 210 g/mol. The summed E-state index contributed by atoms with van der Waals surface area (Å²) in [6.45, 7) is 1.45. The lowest BCUT2D eigenvalue weighted by Gasteiger charge is -2.31. The van der Waals surface area contributed by atoms with E-state index in [-0.39, 0.29) is 11.9 Å². The van der Waals surface area contributed by atoms with Gasteiger partial charge in [0.05, 0.1) is 0 Å². The largest absolute Gasteiger partial charge is 0.406 e. The van der Waals surface area contributed by atoms with Crippen molar-refractivity contribution in [2.24, 2.45) is 12.8 Å². The van der Waals surface area contributed by atoms with E-state index in [1.807, 2.05) is 4.90 Å². The minimum atomic E-state index is -0.449. The van der Waals surface area contributed by atoms with E-state index in [1.54, 1.807) is 11.6 Å². The summed E-state index contributed by atoms with van der Waals surface area (Å²) in [7, 11) is 1.76. The lowest BCUT2D eigenvalue weighted by Crippen LogP contribution is -2.43. The summed E-state index contributed by atoms with van der Waals surface area (Å²) in [5, 5.41) is 10.8. The van der Waals surface area contributed by atoms with Crippen LogP contribution in [0.3, 0.4) is 0 Å². The van der Waals surface area contributed by atoms with Gasteiger partial charge in [-0.15, -0.1) is 0 Å². The minimum Gasteiger partial charge on any atom is -0.358 e. The van der Waals surface area contributed by atoms with Crippen molar-refractivity contribution in [3.05, 3.63) is 16.4 Å². The number of nitrogens with two attached hydrogens (primary N) is 1. The number of imidazole rings is 1. The van der Waals surface area contributed by atoms with E-state index in [0.29, 0.717) is 12.4 Å². The van der Waals surface area contributed by atoms with Gasteiger partial charge in [-0.05, 0) is 22.7 Å². The molecule has 2 heterocycles. The fourth-order valence-corrected chi connectivity index (χ4v) is 2.11. The zero-order valence-corrected chi connectivity index (χ0v) is 9.17. The first-order valence-electron chi connectivity index (χ1n) is 5.26. The predicted molar refractivity (Wildman–Crippen MR) is 59.3 cm³/mol. The van der Waals surface area contributed by atoms with Gasteiger partial charge in [0.15, 0.2) is 0 Å².